The first-order chi connectivity index (χ1) is 13.5. The van der Waals surface area contributed by atoms with Crippen LogP contribution in [0.4, 0.5) is 17.3 Å². The summed E-state index contributed by atoms with van der Waals surface area (Å²) in [5.41, 5.74) is 4.08. The van der Waals surface area contributed by atoms with Gasteiger partial charge in [0.2, 0.25) is 5.91 Å². The Morgan fingerprint density at radius 2 is 2.04 bits per heavy atom. The molecule has 140 valence electrons. The van der Waals surface area contributed by atoms with Crippen LogP contribution >= 0.6 is 0 Å². The Balaban J connectivity index is 1.60. The molecule has 1 aliphatic heterocycles. The smallest absolute Gasteiger partial charge is 0.222 e. The number of carbonyl (C=O) groups is 1. The molecule has 0 unspecified atom stereocenters. The van der Waals surface area contributed by atoms with Crippen LogP contribution in [0.5, 0.6) is 0 Å². The van der Waals surface area contributed by atoms with Gasteiger partial charge in [-0.3, -0.25) is 9.78 Å². The lowest BCUT2D eigenvalue weighted by atomic mass is 10.0. The van der Waals surface area contributed by atoms with Crippen molar-refractivity contribution in [3.8, 4) is 11.5 Å². The molecule has 0 bridgehead atoms. The fraction of sp³-hybridized carbons (Fsp3) is 0.286. The monoisotopic (exact) mass is 372 g/mol. The summed E-state index contributed by atoms with van der Waals surface area (Å²) in [4.78, 5) is 31.9. The molecule has 0 radical (unpaired) electrons. The minimum Gasteiger partial charge on any atom is -0.325 e. The second kappa shape index (κ2) is 6.09. The second-order valence-electron chi connectivity index (χ2n) is 7.54. The summed E-state index contributed by atoms with van der Waals surface area (Å²) < 4.78 is 0. The van der Waals surface area contributed by atoms with Crippen LogP contribution in [-0.2, 0) is 10.2 Å². The summed E-state index contributed by atoms with van der Waals surface area (Å²) >= 11 is 0. The van der Waals surface area contributed by atoms with E-state index in [2.05, 4.69) is 25.2 Å². The lowest BCUT2D eigenvalue weighted by Crippen LogP contribution is -2.20. The molecule has 0 atom stereocenters. The van der Waals surface area contributed by atoms with Crippen LogP contribution < -0.4 is 10.2 Å². The van der Waals surface area contributed by atoms with Gasteiger partial charge in [0.25, 0.3) is 0 Å². The molecule has 2 aliphatic rings. The summed E-state index contributed by atoms with van der Waals surface area (Å²) in [7, 11) is 0. The van der Waals surface area contributed by atoms with Crippen LogP contribution in [0, 0.1) is 6.92 Å². The van der Waals surface area contributed by atoms with E-state index in [1.54, 1.807) is 6.20 Å². The van der Waals surface area contributed by atoms with Gasteiger partial charge in [0.1, 0.15) is 17.3 Å². The Labute approximate surface area is 162 Å². The fourth-order valence-electron chi connectivity index (χ4n) is 3.88. The van der Waals surface area contributed by atoms with Crippen molar-refractivity contribution in [1.29, 1.82) is 0 Å². The first-order valence-corrected chi connectivity index (χ1v) is 9.37. The van der Waals surface area contributed by atoms with Gasteiger partial charge < -0.3 is 10.2 Å². The number of nitrogens with one attached hydrogen (secondary N) is 1. The maximum atomic E-state index is 11.5. The van der Waals surface area contributed by atoms with Gasteiger partial charge in [-0.15, -0.1) is 0 Å². The highest BCUT2D eigenvalue weighted by Gasteiger charge is 2.52. The van der Waals surface area contributed by atoms with E-state index >= 15 is 0 Å². The Kier molecular flexibility index (Phi) is 3.65. The van der Waals surface area contributed by atoms with Crippen molar-refractivity contribution >= 4 is 23.2 Å². The molecular formula is C21H20N6O. The Hall–Kier alpha value is -3.35. The highest BCUT2D eigenvalue weighted by molar-refractivity contribution is 5.89. The molecule has 7 heteroatoms. The molecule has 7 nitrogen and oxygen atoms in total. The van der Waals surface area contributed by atoms with Gasteiger partial charge in [0, 0.05) is 54.7 Å². The number of amides is 1. The largest absolute Gasteiger partial charge is 0.325 e. The maximum Gasteiger partial charge on any atom is 0.222 e. The van der Waals surface area contributed by atoms with E-state index in [1.165, 1.54) is 12.5 Å². The van der Waals surface area contributed by atoms with Crippen molar-refractivity contribution in [2.45, 2.75) is 32.1 Å². The molecule has 5 rings (SSSR count). The molecule has 1 saturated carbocycles. The Morgan fingerprint density at radius 1 is 1.18 bits per heavy atom. The van der Waals surface area contributed by atoms with Crippen molar-refractivity contribution in [1.82, 2.24) is 19.9 Å². The summed E-state index contributed by atoms with van der Waals surface area (Å²) in [6.07, 6.45) is 5.95. The third-order valence-electron chi connectivity index (χ3n) is 5.37. The quantitative estimate of drug-likeness (QED) is 0.759. The molecule has 1 spiro atoms. The van der Waals surface area contributed by atoms with Crippen molar-refractivity contribution < 1.29 is 4.79 Å². The zero-order valence-electron chi connectivity index (χ0n) is 15.8. The number of nitrogens with zero attached hydrogens (tertiary/aromatic N) is 5. The van der Waals surface area contributed by atoms with Crippen molar-refractivity contribution in [2.75, 3.05) is 16.8 Å². The maximum absolute atomic E-state index is 11.5. The highest BCUT2D eigenvalue weighted by atomic mass is 16.1. The number of hydrogen-bond donors (Lipinski definition) is 1. The number of aryl methyl sites for hydroxylation is 1. The number of anilines is 3. The summed E-state index contributed by atoms with van der Waals surface area (Å²) in [6, 6.07) is 9.67. The van der Waals surface area contributed by atoms with Crippen LogP contribution in [0.1, 0.15) is 31.0 Å². The van der Waals surface area contributed by atoms with Crippen molar-refractivity contribution in [3.63, 3.8) is 0 Å². The van der Waals surface area contributed by atoms with Gasteiger partial charge in [-0.1, -0.05) is 6.07 Å². The predicted molar refractivity (Wildman–Crippen MR) is 106 cm³/mol. The standard InChI is InChI=1S/C21H20N6O/c1-13-9-19(26-20(24-13)16-5-3-4-8-22-16)27-12-21(6-7-21)15-11-23-18(10-17(15)27)25-14(2)28/h3-5,8-11H,6-7,12H2,1-2H3,(H,23,25,28). The summed E-state index contributed by atoms with van der Waals surface area (Å²) in [5.74, 6) is 1.89. The molecule has 1 amide bonds. The van der Waals surface area contributed by atoms with Crippen molar-refractivity contribution in [3.05, 3.63) is 54.0 Å². The lowest BCUT2D eigenvalue weighted by molar-refractivity contribution is -0.114. The van der Waals surface area contributed by atoms with Gasteiger partial charge in [-0.25, -0.2) is 15.0 Å². The lowest BCUT2D eigenvalue weighted by Gasteiger charge is -2.20. The van der Waals surface area contributed by atoms with Gasteiger partial charge in [0.15, 0.2) is 5.82 Å². The Morgan fingerprint density at radius 3 is 2.75 bits per heavy atom. The summed E-state index contributed by atoms with van der Waals surface area (Å²) in [6.45, 7) is 4.32. The zero-order valence-corrected chi connectivity index (χ0v) is 15.8. The van der Waals surface area contributed by atoms with Gasteiger partial charge in [-0.2, -0.15) is 0 Å². The van der Waals surface area contributed by atoms with E-state index in [-0.39, 0.29) is 11.3 Å². The first kappa shape index (κ1) is 16.8. The minimum atomic E-state index is -0.131. The van der Waals surface area contributed by atoms with E-state index in [4.69, 9.17) is 4.98 Å². The summed E-state index contributed by atoms with van der Waals surface area (Å²) in [5, 5.41) is 2.78. The van der Waals surface area contributed by atoms with Crippen LogP contribution in [-0.4, -0.2) is 32.4 Å². The van der Waals surface area contributed by atoms with Crippen LogP contribution in [0.25, 0.3) is 11.5 Å². The number of hydrogen-bond acceptors (Lipinski definition) is 6. The molecule has 3 aromatic heterocycles. The Bertz CT molecular complexity index is 1080. The average molecular weight is 372 g/mol. The highest BCUT2D eigenvalue weighted by Crippen LogP contribution is 2.58. The number of fused-ring (bicyclic) bond motifs is 2. The van der Waals surface area contributed by atoms with Crippen molar-refractivity contribution in [2.24, 2.45) is 0 Å². The van der Waals surface area contributed by atoms with E-state index in [0.717, 1.165) is 42.3 Å². The fourth-order valence-corrected chi connectivity index (χ4v) is 3.88. The molecule has 1 aliphatic carbocycles. The van der Waals surface area contributed by atoms with E-state index < -0.39 is 0 Å². The predicted octanol–water partition coefficient (Wildman–Crippen LogP) is 3.38. The third-order valence-corrected chi connectivity index (χ3v) is 5.37. The molecule has 0 aromatic carbocycles. The van der Waals surface area contributed by atoms with Gasteiger partial charge in [-0.05, 0) is 31.9 Å². The molecule has 1 fully saturated rings. The molecule has 0 saturated heterocycles. The molecule has 4 heterocycles. The van der Waals surface area contributed by atoms with E-state index in [9.17, 15) is 4.79 Å². The number of rotatable bonds is 3. The third kappa shape index (κ3) is 2.79. The van der Waals surface area contributed by atoms with Crippen LogP contribution in [0.2, 0.25) is 0 Å². The SMILES string of the molecule is CC(=O)Nc1cc2c(cn1)C1(CC1)CN2c1cc(C)nc(-c2ccccn2)n1. The van der Waals surface area contributed by atoms with Gasteiger partial charge >= 0.3 is 0 Å². The van der Waals surface area contributed by atoms with Crippen LogP contribution in [0.15, 0.2) is 42.7 Å². The molecule has 3 aromatic rings. The van der Waals surface area contributed by atoms with E-state index in [0.29, 0.717) is 11.6 Å². The number of carbonyl (C=O) groups excluding carboxylic acids is 1. The zero-order chi connectivity index (χ0) is 19.3. The second-order valence-corrected chi connectivity index (χ2v) is 7.54. The average Bonchev–Trinajstić information content (AvgIpc) is 3.39. The molecule has 28 heavy (non-hydrogen) atoms. The topological polar surface area (TPSA) is 83.9 Å². The normalized spacial score (nSPS) is 16.1. The number of pyridine rings is 2. The van der Waals surface area contributed by atoms with Crippen LogP contribution in [0.3, 0.4) is 0 Å². The van der Waals surface area contributed by atoms with E-state index in [1.807, 2.05) is 43.5 Å². The molecule has 1 N–H and O–H groups in total. The minimum absolute atomic E-state index is 0.131. The molecular weight excluding hydrogens is 352 g/mol. The first-order valence-electron chi connectivity index (χ1n) is 9.37. The number of aromatic nitrogens is 4. The van der Waals surface area contributed by atoms with Gasteiger partial charge in [0.05, 0.1) is 5.69 Å².